The molecule has 0 aliphatic heterocycles. The normalized spacial score (nSPS) is 13.2. The first kappa shape index (κ1) is 16.5. The zero-order valence-electron chi connectivity index (χ0n) is 12.3. The zero-order chi connectivity index (χ0) is 15.6. The van der Waals surface area contributed by atoms with Crippen molar-refractivity contribution < 1.29 is 4.39 Å². The summed E-state index contributed by atoms with van der Waals surface area (Å²) in [6.45, 7) is 4.19. The topological polar surface area (TPSA) is 12.0 Å². The minimum atomic E-state index is -0.284. The molecule has 0 saturated heterocycles. The Labute approximate surface area is 138 Å². The number of hydrogen-bond acceptors (Lipinski definition) is 1. The molecule has 1 atom stereocenters. The van der Waals surface area contributed by atoms with Gasteiger partial charge in [-0.05, 0) is 40.7 Å². The van der Waals surface area contributed by atoms with Crippen LogP contribution in [0.25, 0.3) is 0 Å². The Morgan fingerprint density at radius 2 is 1.81 bits per heavy atom. The highest BCUT2D eigenvalue weighted by Crippen LogP contribution is 2.39. The average molecular weight is 371 g/mol. The van der Waals surface area contributed by atoms with Gasteiger partial charge in [-0.2, -0.15) is 0 Å². The predicted molar refractivity (Wildman–Crippen MR) is 90.4 cm³/mol. The molecule has 4 heteroatoms. The van der Waals surface area contributed by atoms with E-state index in [1.807, 2.05) is 25.2 Å². The summed E-state index contributed by atoms with van der Waals surface area (Å²) >= 11 is 9.40. The van der Waals surface area contributed by atoms with Crippen LogP contribution in [0.5, 0.6) is 0 Å². The summed E-state index contributed by atoms with van der Waals surface area (Å²) in [6, 6.07) is 13.0. The van der Waals surface area contributed by atoms with Gasteiger partial charge in [0.1, 0.15) is 5.82 Å². The minimum Gasteiger partial charge on any atom is -0.312 e. The van der Waals surface area contributed by atoms with Crippen LogP contribution in [-0.2, 0) is 5.41 Å². The van der Waals surface area contributed by atoms with Gasteiger partial charge in [-0.1, -0.05) is 55.8 Å². The molecule has 0 amide bonds. The molecule has 112 valence electrons. The van der Waals surface area contributed by atoms with E-state index < -0.39 is 0 Å². The first-order valence-electron chi connectivity index (χ1n) is 6.75. The van der Waals surface area contributed by atoms with E-state index in [0.717, 1.165) is 5.56 Å². The maximum Gasteiger partial charge on any atom is 0.129 e. The van der Waals surface area contributed by atoms with Gasteiger partial charge in [-0.25, -0.2) is 4.39 Å². The molecule has 2 rings (SSSR count). The first-order chi connectivity index (χ1) is 9.87. The van der Waals surface area contributed by atoms with Crippen molar-refractivity contribution in [3.8, 4) is 0 Å². The van der Waals surface area contributed by atoms with Crippen LogP contribution in [-0.4, -0.2) is 7.05 Å². The summed E-state index contributed by atoms with van der Waals surface area (Å²) in [4.78, 5) is 0. The lowest BCUT2D eigenvalue weighted by molar-refractivity contribution is 0.357. The second-order valence-corrected chi connectivity index (χ2v) is 6.86. The monoisotopic (exact) mass is 369 g/mol. The summed E-state index contributed by atoms with van der Waals surface area (Å²) in [5, 5.41) is 3.74. The van der Waals surface area contributed by atoms with Crippen molar-refractivity contribution in [2.75, 3.05) is 7.05 Å². The summed E-state index contributed by atoms with van der Waals surface area (Å²) in [7, 11) is 1.84. The third kappa shape index (κ3) is 3.31. The second kappa shape index (κ2) is 6.47. The molecular weight excluding hydrogens is 353 g/mol. The quantitative estimate of drug-likeness (QED) is 0.703. The van der Waals surface area contributed by atoms with Gasteiger partial charge in [0.2, 0.25) is 0 Å². The van der Waals surface area contributed by atoms with Gasteiger partial charge in [-0.3, -0.25) is 0 Å². The van der Waals surface area contributed by atoms with E-state index in [1.54, 1.807) is 6.07 Å². The van der Waals surface area contributed by atoms with Crippen molar-refractivity contribution in [1.29, 1.82) is 0 Å². The minimum absolute atomic E-state index is 0.189. The van der Waals surface area contributed by atoms with Crippen LogP contribution < -0.4 is 5.32 Å². The number of likely N-dealkylation sites (N-methyl/N-ethyl adjacent to an activating group) is 1. The van der Waals surface area contributed by atoms with E-state index in [1.165, 1.54) is 6.07 Å². The van der Waals surface area contributed by atoms with E-state index >= 15 is 0 Å². The Morgan fingerprint density at radius 1 is 1.19 bits per heavy atom. The van der Waals surface area contributed by atoms with Crippen LogP contribution >= 0.6 is 27.5 Å². The molecule has 0 radical (unpaired) electrons. The smallest absolute Gasteiger partial charge is 0.129 e. The fourth-order valence-corrected chi connectivity index (χ4v) is 3.19. The first-order valence-corrected chi connectivity index (χ1v) is 7.92. The van der Waals surface area contributed by atoms with E-state index in [2.05, 4.69) is 47.2 Å². The molecule has 21 heavy (non-hydrogen) atoms. The molecule has 0 heterocycles. The Kier molecular flexibility index (Phi) is 5.07. The van der Waals surface area contributed by atoms with E-state index in [-0.39, 0.29) is 17.3 Å². The predicted octanol–water partition coefficient (Wildman–Crippen LogP) is 5.48. The number of benzene rings is 2. The van der Waals surface area contributed by atoms with Crippen LogP contribution in [0.3, 0.4) is 0 Å². The van der Waals surface area contributed by atoms with Gasteiger partial charge < -0.3 is 5.32 Å². The molecule has 2 aromatic carbocycles. The third-order valence-electron chi connectivity index (χ3n) is 3.88. The number of hydrogen-bond donors (Lipinski definition) is 1. The van der Waals surface area contributed by atoms with Crippen LogP contribution in [0, 0.1) is 5.82 Å². The fourth-order valence-electron chi connectivity index (χ4n) is 2.70. The highest BCUT2D eigenvalue weighted by molar-refractivity contribution is 9.10. The highest BCUT2D eigenvalue weighted by Gasteiger charge is 2.33. The second-order valence-electron chi connectivity index (χ2n) is 5.60. The number of halogens is 3. The molecule has 1 N–H and O–H groups in total. The molecule has 0 aromatic heterocycles. The standard InChI is InChI=1S/C17H18BrClFN/c1-17(2,11-7-5-4-6-8-11)16(21-3)12-9-14(19)13(18)10-15(12)20/h4-10,16,21H,1-3H3. The molecule has 0 bridgehead atoms. The van der Waals surface area contributed by atoms with Gasteiger partial charge >= 0.3 is 0 Å². The Balaban J connectivity index is 2.51. The van der Waals surface area contributed by atoms with Crippen LogP contribution in [0.1, 0.15) is 31.0 Å². The van der Waals surface area contributed by atoms with Crippen molar-refractivity contribution in [3.05, 3.63) is 68.9 Å². The number of nitrogens with one attached hydrogen (secondary N) is 1. The summed E-state index contributed by atoms with van der Waals surface area (Å²) in [6.07, 6.45) is 0. The largest absolute Gasteiger partial charge is 0.312 e. The molecule has 0 spiro atoms. The van der Waals surface area contributed by atoms with E-state index in [9.17, 15) is 4.39 Å². The molecule has 0 aliphatic rings. The van der Waals surface area contributed by atoms with E-state index in [4.69, 9.17) is 11.6 Å². The molecule has 1 unspecified atom stereocenters. The Hall–Kier alpha value is -0.900. The van der Waals surface area contributed by atoms with Crippen LogP contribution in [0.15, 0.2) is 46.9 Å². The molecular formula is C17H18BrClFN. The van der Waals surface area contributed by atoms with Crippen molar-refractivity contribution in [3.63, 3.8) is 0 Å². The Bertz CT molecular complexity index is 628. The highest BCUT2D eigenvalue weighted by atomic mass is 79.9. The summed E-state index contributed by atoms with van der Waals surface area (Å²) in [5.74, 6) is -0.269. The van der Waals surface area contributed by atoms with Gasteiger partial charge in [0.15, 0.2) is 0 Å². The van der Waals surface area contributed by atoms with Crippen molar-refractivity contribution in [2.45, 2.75) is 25.3 Å². The Morgan fingerprint density at radius 3 is 2.38 bits per heavy atom. The van der Waals surface area contributed by atoms with Gasteiger partial charge in [0.25, 0.3) is 0 Å². The molecule has 0 aliphatic carbocycles. The van der Waals surface area contributed by atoms with Crippen molar-refractivity contribution >= 4 is 27.5 Å². The zero-order valence-corrected chi connectivity index (χ0v) is 14.6. The lowest BCUT2D eigenvalue weighted by Gasteiger charge is -2.35. The molecule has 2 aromatic rings. The number of rotatable bonds is 4. The average Bonchev–Trinajstić information content (AvgIpc) is 2.46. The lowest BCUT2D eigenvalue weighted by Crippen LogP contribution is -2.36. The molecule has 1 nitrogen and oxygen atoms in total. The van der Waals surface area contributed by atoms with Crippen LogP contribution in [0.4, 0.5) is 4.39 Å². The summed E-state index contributed by atoms with van der Waals surface area (Å²) in [5.41, 5.74) is 1.43. The van der Waals surface area contributed by atoms with Gasteiger partial charge in [-0.15, -0.1) is 0 Å². The maximum atomic E-state index is 14.4. The van der Waals surface area contributed by atoms with Crippen molar-refractivity contribution in [2.24, 2.45) is 0 Å². The van der Waals surface area contributed by atoms with Gasteiger partial charge in [0.05, 0.1) is 5.02 Å². The maximum absolute atomic E-state index is 14.4. The third-order valence-corrected chi connectivity index (χ3v) is 5.08. The van der Waals surface area contributed by atoms with Crippen LogP contribution in [0.2, 0.25) is 5.02 Å². The molecule has 0 saturated carbocycles. The molecule has 0 fully saturated rings. The fraction of sp³-hybridized carbons (Fsp3) is 0.294. The SMILES string of the molecule is CNC(c1cc(Cl)c(Br)cc1F)C(C)(C)c1ccccc1. The van der Waals surface area contributed by atoms with Gasteiger partial charge in [0, 0.05) is 21.5 Å². The van der Waals surface area contributed by atoms with Crippen molar-refractivity contribution in [1.82, 2.24) is 5.32 Å². The lowest BCUT2D eigenvalue weighted by atomic mass is 9.75. The summed E-state index contributed by atoms with van der Waals surface area (Å²) < 4.78 is 15.0. The van der Waals surface area contributed by atoms with E-state index in [0.29, 0.717) is 15.1 Å².